The predicted octanol–water partition coefficient (Wildman–Crippen LogP) is 2.10. The van der Waals surface area contributed by atoms with E-state index in [1.165, 1.54) is 7.05 Å². The lowest BCUT2D eigenvalue weighted by Gasteiger charge is -2.22. The van der Waals surface area contributed by atoms with Crippen molar-refractivity contribution in [1.29, 1.82) is 0 Å². The van der Waals surface area contributed by atoms with E-state index in [0.717, 1.165) is 16.0 Å². The second kappa shape index (κ2) is 6.91. The first-order chi connectivity index (χ1) is 9.59. The Morgan fingerprint density at radius 2 is 2.00 bits per heavy atom. The molecule has 0 saturated heterocycles. The summed E-state index contributed by atoms with van der Waals surface area (Å²) in [6.07, 6.45) is -7.14. The molecule has 0 heterocycles. The Labute approximate surface area is 121 Å². The number of carbonyl (C=O) groups is 1. The highest BCUT2D eigenvalue weighted by Crippen LogP contribution is 2.20. The van der Waals surface area contributed by atoms with Crippen molar-refractivity contribution in [3.05, 3.63) is 29.3 Å². The molecule has 0 spiro atoms. The molecule has 2 N–H and O–H groups in total. The summed E-state index contributed by atoms with van der Waals surface area (Å²) in [6, 6.07) is 5.54. The summed E-state index contributed by atoms with van der Waals surface area (Å²) >= 11 is 0. The maximum Gasteiger partial charge on any atom is 0.415 e. The minimum Gasteiger partial charge on any atom is -0.382 e. The van der Waals surface area contributed by atoms with E-state index in [9.17, 15) is 18.0 Å². The molecule has 0 fully saturated rings. The standard InChI is InChI=1S/C14H19F3N2O2/c1-9-4-5-10(2)11(6-9)18-13(21)8-19(3)7-12(20)14(15,16)17/h4-6,12,20H,7-8H2,1-3H3,(H,18,21). The van der Waals surface area contributed by atoms with E-state index in [4.69, 9.17) is 5.11 Å². The minimum absolute atomic E-state index is 0.236. The van der Waals surface area contributed by atoms with E-state index < -0.39 is 24.7 Å². The number of alkyl halides is 3. The van der Waals surface area contributed by atoms with E-state index in [1.807, 2.05) is 26.0 Å². The van der Waals surface area contributed by atoms with Gasteiger partial charge in [-0.25, -0.2) is 0 Å². The first-order valence-corrected chi connectivity index (χ1v) is 6.40. The predicted molar refractivity (Wildman–Crippen MR) is 74.1 cm³/mol. The molecule has 0 aliphatic rings. The summed E-state index contributed by atoms with van der Waals surface area (Å²) in [4.78, 5) is 12.9. The highest BCUT2D eigenvalue weighted by atomic mass is 19.4. The van der Waals surface area contributed by atoms with E-state index in [0.29, 0.717) is 5.69 Å². The van der Waals surface area contributed by atoms with Gasteiger partial charge in [0.1, 0.15) is 0 Å². The monoisotopic (exact) mass is 304 g/mol. The Morgan fingerprint density at radius 3 is 2.57 bits per heavy atom. The molecule has 1 unspecified atom stereocenters. The third kappa shape index (κ3) is 5.73. The smallest absolute Gasteiger partial charge is 0.382 e. The summed E-state index contributed by atoms with van der Waals surface area (Å²) in [7, 11) is 1.34. The summed E-state index contributed by atoms with van der Waals surface area (Å²) in [5, 5.41) is 11.6. The quantitative estimate of drug-likeness (QED) is 0.876. The van der Waals surface area contributed by atoms with Crippen LogP contribution in [0.3, 0.4) is 0 Å². The molecule has 1 aromatic rings. The molecule has 0 aromatic heterocycles. The van der Waals surface area contributed by atoms with Crippen molar-refractivity contribution in [1.82, 2.24) is 4.90 Å². The first kappa shape index (κ1) is 17.5. The number of anilines is 1. The number of likely N-dealkylation sites (N-methyl/N-ethyl adjacent to an activating group) is 1. The maximum absolute atomic E-state index is 12.2. The number of carbonyl (C=O) groups excluding carboxylic acids is 1. The number of hydrogen-bond acceptors (Lipinski definition) is 3. The van der Waals surface area contributed by atoms with Crippen molar-refractivity contribution in [2.24, 2.45) is 0 Å². The van der Waals surface area contributed by atoms with Gasteiger partial charge in [0, 0.05) is 12.2 Å². The topological polar surface area (TPSA) is 52.6 Å². The van der Waals surface area contributed by atoms with E-state index in [1.54, 1.807) is 6.07 Å². The first-order valence-electron chi connectivity index (χ1n) is 6.40. The number of aliphatic hydroxyl groups is 1. The maximum atomic E-state index is 12.2. The molecule has 1 atom stereocenters. The lowest BCUT2D eigenvalue weighted by atomic mass is 10.1. The molecule has 21 heavy (non-hydrogen) atoms. The molecule has 0 saturated carbocycles. The van der Waals surface area contributed by atoms with Gasteiger partial charge in [-0.2, -0.15) is 13.2 Å². The van der Waals surface area contributed by atoms with Crippen LogP contribution in [0.4, 0.5) is 18.9 Å². The van der Waals surface area contributed by atoms with Gasteiger partial charge >= 0.3 is 6.18 Å². The number of nitrogens with zero attached hydrogens (tertiary/aromatic N) is 1. The van der Waals surface area contributed by atoms with Crippen LogP contribution in [0, 0.1) is 13.8 Å². The normalized spacial score (nSPS) is 13.3. The molecule has 0 aliphatic carbocycles. The van der Waals surface area contributed by atoms with Crippen LogP contribution in [0.1, 0.15) is 11.1 Å². The number of benzene rings is 1. The van der Waals surface area contributed by atoms with Crippen molar-refractivity contribution in [2.45, 2.75) is 26.1 Å². The molecule has 1 amide bonds. The van der Waals surface area contributed by atoms with Crippen LogP contribution in [0.25, 0.3) is 0 Å². The van der Waals surface area contributed by atoms with Crippen LogP contribution < -0.4 is 5.32 Å². The molecule has 0 bridgehead atoms. The largest absolute Gasteiger partial charge is 0.415 e. The SMILES string of the molecule is Cc1ccc(C)c(NC(=O)CN(C)CC(O)C(F)(F)F)c1. The molecular formula is C14H19F3N2O2. The van der Waals surface area contributed by atoms with Gasteiger partial charge in [-0.3, -0.25) is 9.69 Å². The number of rotatable bonds is 5. The van der Waals surface area contributed by atoms with Crippen molar-refractivity contribution in [3.63, 3.8) is 0 Å². The van der Waals surface area contributed by atoms with E-state index in [-0.39, 0.29) is 6.54 Å². The Bertz CT molecular complexity index is 503. The molecule has 7 heteroatoms. The fraction of sp³-hybridized carbons (Fsp3) is 0.500. The Morgan fingerprint density at radius 1 is 1.38 bits per heavy atom. The minimum atomic E-state index is -4.68. The van der Waals surface area contributed by atoms with Gasteiger partial charge in [0.25, 0.3) is 0 Å². The zero-order chi connectivity index (χ0) is 16.2. The average Bonchev–Trinajstić information content (AvgIpc) is 2.32. The Kier molecular flexibility index (Phi) is 5.74. The number of amides is 1. The van der Waals surface area contributed by atoms with E-state index >= 15 is 0 Å². The molecular weight excluding hydrogens is 285 g/mol. The second-order valence-electron chi connectivity index (χ2n) is 5.12. The number of nitrogens with one attached hydrogen (secondary N) is 1. The van der Waals surface area contributed by atoms with Gasteiger partial charge in [0.15, 0.2) is 6.10 Å². The fourth-order valence-corrected chi connectivity index (χ4v) is 1.77. The molecule has 1 aromatic carbocycles. The van der Waals surface area contributed by atoms with Crippen LogP contribution in [0.15, 0.2) is 18.2 Å². The number of hydrogen-bond donors (Lipinski definition) is 2. The molecule has 118 valence electrons. The summed E-state index contributed by atoms with van der Waals surface area (Å²) in [5.74, 6) is -0.430. The Balaban J connectivity index is 2.55. The van der Waals surface area contributed by atoms with Crippen molar-refractivity contribution < 1.29 is 23.1 Å². The van der Waals surface area contributed by atoms with E-state index in [2.05, 4.69) is 5.32 Å². The van der Waals surface area contributed by atoms with Crippen LogP contribution in [0.5, 0.6) is 0 Å². The third-order valence-corrected chi connectivity index (χ3v) is 2.94. The number of halogens is 3. The molecule has 1 rings (SSSR count). The summed E-state index contributed by atoms with van der Waals surface area (Å²) < 4.78 is 36.6. The van der Waals surface area contributed by atoms with Crippen molar-refractivity contribution >= 4 is 11.6 Å². The zero-order valence-corrected chi connectivity index (χ0v) is 12.2. The van der Waals surface area contributed by atoms with Gasteiger partial charge in [-0.05, 0) is 38.1 Å². The van der Waals surface area contributed by atoms with Gasteiger partial charge < -0.3 is 10.4 Å². The van der Waals surface area contributed by atoms with Gasteiger partial charge in [-0.1, -0.05) is 12.1 Å². The molecule has 0 aliphatic heterocycles. The highest BCUT2D eigenvalue weighted by Gasteiger charge is 2.38. The Hall–Kier alpha value is -1.60. The molecule has 0 radical (unpaired) electrons. The van der Waals surface area contributed by atoms with Crippen molar-refractivity contribution in [2.75, 3.05) is 25.5 Å². The van der Waals surface area contributed by atoms with Gasteiger partial charge in [0.2, 0.25) is 5.91 Å². The summed E-state index contributed by atoms with van der Waals surface area (Å²) in [5.41, 5.74) is 2.47. The van der Waals surface area contributed by atoms with Gasteiger partial charge in [0.05, 0.1) is 6.54 Å². The van der Waals surface area contributed by atoms with Gasteiger partial charge in [-0.15, -0.1) is 0 Å². The average molecular weight is 304 g/mol. The zero-order valence-electron chi connectivity index (χ0n) is 12.2. The number of aryl methyl sites for hydroxylation is 2. The van der Waals surface area contributed by atoms with Crippen LogP contribution in [0.2, 0.25) is 0 Å². The number of aliphatic hydroxyl groups excluding tert-OH is 1. The van der Waals surface area contributed by atoms with Crippen LogP contribution in [-0.2, 0) is 4.79 Å². The van der Waals surface area contributed by atoms with Crippen LogP contribution in [-0.4, -0.2) is 48.3 Å². The second-order valence-corrected chi connectivity index (χ2v) is 5.12. The summed E-state index contributed by atoms with van der Waals surface area (Å²) in [6.45, 7) is 2.82. The lowest BCUT2D eigenvalue weighted by molar-refractivity contribution is -0.207. The fourth-order valence-electron chi connectivity index (χ4n) is 1.77. The van der Waals surface area contributed by atoms with Crippen molar-refractivity contribution in [3.8, 4) is 0 Å². The lowest BCUT2D eigenvalue weighted by Crippen LogP contribution is -2.42. The third-order valence-electron chi connectivity index (χ3n) is 2.94. The highest BCUT2D eigenvalue weighted by molar-refractivity contribution is 5.93. The van der Waals surface area contributed by atoms with Crippen LogP contribution >= 0.6 is 0 Å². The molecule has 4 nitrogen and oxygen atoms in total.